The van der Waals surface area contributed by atoms with Gasteiger partial charge in [0.05, 0.1) is 11.1 Å². The number of amides is 1. The molecule has 0 aliphatic carbocycles. The van der Waals surface area contributed by atoms with E-state index in [4.69, 9.17) is 14.9 Å². The molecule has 8 heteroatoms. The molecule has 0 saturated carbocycles. The third-order valence-electron chi connectivity index (χ3n) is 2.70. The van der Waals surface area contributed by atoms with Crippen molar-refractivity contribution in [2.24, 2.45) is 0 Å². The first-order valence-electron chi connectivity index (χ1n) is 6.21. The summed E-state index contributed by atoms with van der Waals surface area (Å²) in [5, 5.41) is 20.2. The Morgan fingerprint density at radius 2 is 1.43 bits per heavy atom. The van der Waals surface area contributed by atoms with E-state index in [-0.39, 0.29) is 22.6 Å². The molecule has 7 nitrogen and oxygen atoms in total. The van der Waals surface area contributed by atoms with Gasteiger partial charge in [0.1, 0.15) is 5.75 Å². The lowest BCUT2D eigenvalue weighted by Crippen LogP contribution is -2.17. The number of carbonyl (C=O) groups is 3. The molecule has 23 heavy (non-hydrogen) atoms. The zero-order chi connectivity index (χ0) is 17.0. The molecule has 0 heterocycles. The lowest BCUT2D eigenvalue weighted by molar-refractivity contribution is 0.0696. The number of carboxylic acids is 2. The van der Waals surface area contributed by atoms with Crippen LogP contribution in [-0.4, -0.2) is 28.2 Å². The SMILES string of the molecule is O=C(Nc1cc(C(=O)O)cc(C(=O)O)c1)Oc1ccc(Br)cc1. The summed E-state index contributed by atoms with van der Waals surface area (Å²) in [5.74, 6) is -2.34. The van der Waals surface area contributed by atoms with Crippen molar-refractivity contribution in [2.75, 3.05) is 5.32 Å². The number of anilines is 1. The van der Waals surface area contributed by atoms with Crippen LogP contribution in [0.15, 0.2) is 46.9 Å². The summed E-state index contributed by atoms with van der Waals surface area (Å²) in [6, 6.07) is 9.73. The van der Waals surface area contributed by atoms with E-state index in [0.29, 0.717) is 0 Å². The molecule has 0 fully saturated rings. The summed E-state index contributed by atoms with van der Waals surface area (Å²) in [4.78, 5) is 33.8. The molecule has 3 N–H and O–H groups in total. The normalized spacial score (nSPS) is 9.96. The van der Waals surface area contributed by atoms with Gasteiger partial charge in [0.2, 0.25) is 0 Å². The van der Waals surface area contributed by atoms with Gasteiger partial charge in [-0.1, -0.05) is 15.9 Å². The van der Waals surface area contributed by atoms with Gasteiger partial charge in [-0.3, -0.25) is 5.32 Å². The van der Waals surface area contributed by atoms with Gasteiger partial charge < -0.3 is 14.9 Å². The van der Waals surface area contributed by atoms with Gasteiger partial charge in [-0.15, -0.1) is 0 Å². The summed E-state index contributed by atoms with van der Waals surface area (Å²) in [6.45, 7) is 0. The van der Waals surface area contributed by atoms with Gasteiger partial charge >= 0.3 is 18.0 Å². The Balaban J connectivity index is 2.18. The Hall–Kier alpha value is -2.87. The van der Waals surface area contributed by atoms with Crippen LogP contribution < -0.4 is 10.1 Å². The predicted molar refractivity (Wildman–Crippen MR) is 84.1 cm³/mol. The molecule has 0 saturated heterocycles. The van der Waals surface area contributed by atoms with Crippen LogP contribution in [0.4, 0.5) is 10.5 Å². The number of nitrogens with one attached hydrogen (secondary N) is 1. The van der Waals surface area contributed by atoms with Gasteiger partial charge in [-0.25, -0.2) is 14.4 Å². The first kappa shape index (κ1) is 16.5. The van der Waals surface area contributed by atoms with E-state index < -0.39 is 18.0 Å². The Morgan fingerprint density at radius 3 is 1.91 bits per heavy atom. The molecule has 2 rings (SSSR count). The smallest absolute Gasteiger partial charge is 0.417 e. The standard InChI is InChI=1S/C15H10BrNO6/c16-10-1-3-12(4-2-10)23-15(22)17-11-6-8(13(18)19)5-9(7-11)14(20)21/h1-7H,(H,17,22)(H,18,19)(H,20,21). The lowest BCUT2D eigenvalue weighted by Gasteiger charge is -2.08. The molecule has 1 amide bonds. The number of hydrogen-bond acceptors (Lipinski definition) is 4. The number of carbonyl (C=O) groups excluding carboxylic acids is 1. The number of hydrogen-bond donors (Lipinski definition) is 3. The Labute approximate surface area is 138 Å². The largest absolute Gasteiger partial charge is 0.478 e. The first-order chi connectivity index (χ1) is 10.8. The second kappa shape index (κ2) is 6.93. The van der Waals surface area contributed by atoms with Gasteiger partial charge in [0.15, 0.2) is 0 Å². The van der Waals surface area contributed by atoms with Gasteiger partial charge in [0, 0.05) is 10.2 Å². The van der Waals surface area contributed by atoms with E-state index in [1.165, 1.54) is 0 Å². The summed E-state index contributed by atoms with van der Waals surface area (Å²) in [6.07, 6.45) is -0.869. The van der Waals surface area contributed by atoms with Crippen molar-refractivity contribution >= 4 is 39.6 Å². The van der Waals surface area contributed by atoms with Gasteiger partial charge in [-0.2, -0.15) is 0 Å². The molecule has 0 radical (unpaired) electrons. The molecule has 0 bridgehead atoms. The van der Waals surface area contributed by atoms with Crippen LogP contribution >= 0.6 is 15.9 Å². The molecule has 2 aromatic rings. The molecule has 0 aromatic heterocycles. The quantitative estimate of drug-likeness (QED) is 0.749. The number of rotatable bonds is 4. The molecular formula is C15H10BrNO6. The highest BCUT2D eigenvalue weighted by molar-refractivity contribution is 9.10. The van der Waals surface area contributed by atoms with E-state index in [9.17, 15) is 14.4 Å². The highest BCUT2D eigenvalue weighted by Gasteiger charge is 2.13. The minimum absolute atomic E-state index is 0.00408. The predicted octanol–water partition coefficient (Wildman–Crippen LogP) is 3.46. The van der Waals surface area contributed by atoms with Crippen molar-refractivity contribution in [3.05, 3.63) is 58.1 Å². The fourth-order valence-corrected chi connectivity index (χ4v) is 1.96. The Morgan fingerprint density at radius 1 is 0.913 bits per heavy atom. The van der Waals surface area contributed by atoms with Crippen LogP contribution in [0.3, 0.4) is 0 Å². The topological polar surface area (TPSA) is 113 Å². The molecule has 0 aliphatic rings. The summed E-state index contributed by atoms with van der Waals surface area (Å²) >= 11 is 3.24. The maximum Gasteiger partial charge on any atom is 0.417 e. The Kier molecular flexibility index (Phi) is 4.97. The van der Waals surface area contributed by atoms with Crippen LogP contribution in [0.25, 0.3) is 0 Å². The van der Waals surface area contributed by atoms with Crippen molar-refractivity contribution in [1.29, 1.82) is 0 Å². The highest BCUT2D eigenvalue weighted by atomic mass is 79.9. The maximum atomic E-state index is 11.8. The van der Waals surface area contributed by atoms with Crippen molar-refractivity contribution in [3.63, 3.8) is 0 Å². The zero-order valence-corrected chi connectivity index (χ0v) is 13.0. The van der Waals surface area contributed by atoms with Crippen molar-refractivity contribution in [3.8, 4) is 5.75 Å². The monoisotopic (exact) mass is 379 g/mol. The minimum atomic E-state index is -1.31. The van der Waals surface area contributed by atoms with E-state index >= 15 is 0 Å². The fourth-order valence-electron chi connectivity index (χ4n) is 1.70. The third kappa shape index (κ3) is 4.55. The number of benzene rings is 2. The minimum Gasteiger partial charge on any atom is -0.478 e. The van der Waals surface area contributed by atoms with Crippen LogP contribution in [0.1, 0.15) is 20.7 Å². The number of halogens is 1. The van der Waals surface area contributed by atoms with E-state index in [2.05, 4.69) is 21.2 Å². The summed E-state index contributed by atoms with van der Waals surface area (Å²) < 4.78 is 5.82. The van der Waals surface area contributed by atoms with Crippen molar-refractivity contribution in [2.45, 2.75) is 0 Å². The molecule has 0 atom stereocenters. The highest BCUT2D eigenvalue weighted by Crippen LogP contribution is 2.18. The first-order valence-corrected chi connectivity index (χ1v) is 7.00. The van der Waals surface area contributed by atoms with Crippen LogP contribution in [0.2, 0.25) is 0 Å². The molecule has 2 aromatic carbocycles. The van der Waals surface area contributed by atoms with Crippen LogP contribution in [0.5, 0.6) is 5.75 Å². The molecular weight excluding hydrogens is 370 g/mol. The molecule has 0 aliphatic heterocycles. The zero-order valence-electron chi connectivity index (χ0n) is 11.4. The molecule has 0 spiro atoms. The molecule has 118 valence electrons. The van der Waals surface area contributed by atoms with Crippen LogP contribution in [-0.2, 0) is 0 Å². The third-order valence-corrected chi connectivity index (χ3v) is 3.23. The van der Waals surface area contributed by atoms with E-state index in [0.717, 1.165) is 22.7 Å². The second-order valence-corrected chi connectivity index (χ2v) is 5.29. The van der Waals surface area contributed by atoms with Gasteiger partial charge in [-0.05, 0) is 42.5 Å². The van der Waals surface area contributed by atoms with E-state index in [1.807, 2.05) is 0 Å². The van der Waals surface area contributed by atoms with Crippen molar-refractivity contribution < 1.29 is 29.3 Å². The second-order valence-electron chi connectivity index (χ2n) is 4.38. The fraction of sp³-hybridized carbons (Fsp3) is 0. The summed E-state index contributed by atoms with van der Waals surface area (Å²) in [7, 11) is 0. The average molecular weight is 380 g/mol. The number of carboxylic acid groups (broad SMARTS) is 2. The lowest BCUT2D eigenvalue weighted by atomic mass is 10.1. The Bertz CT molecular complexity index is 740. The average Bonchev–Trinajstić information content (AvgIpc) is 2.49. The summed E-state index contributed by atoms with van der Waals surface area (Å²) in [5.41, 5.74) is -0.517. The van der Waals surface area contributed by atoms with Gasteiger partial charge in [0.25, 0.3) is 0 Å². The molecule has 0 unspecified atom stereocenters. The number of aromatic carboxylic acids is 2. The maximum absolute atomic E-state index is 11.8. The number of ether oxygens (including phenoxy) is 1. The van der Waals surface area contributed by atoms with E-state index in [1.54, 1.807) is 24.3 Å². The van der Waals surface area contributed by atoms with Crippen LogP contribution in [0, 0.1) is 0 Å². The van der Waals surface area contributed by atoms with Crippen molar-refractivity contribution in [1.82, 2.24) is 0 Å².